The number of phenolic OH excluding ortho intramolecular Hbond substituents is 1. The van der Waals surface area contributed by atoms with Crippen LogP contribution in [0.3, 0.4) is 0 Å². The molecular weight excluding hydrogens is 229 g/mol. The number of ketones is 1. The van der Waals surface area contributed by atoms with Crippen LogP contribution in [0.25, 0.3) is 0 Å². The van der Waals surface area contributed by atoms with Gasteiger partial charge in [-0.05, 0) is 13.1 Å². The van der Waals surface area contributed by atoms with Crippen molar-refractivity contribution in [2.75, 3.05) is 26.8 Å². The van der Waals surface area contributed by atoms with E-state index in [0.29, 0.717) is 0 Å². The Morgan fingerprint density at radius 1 is 1.53 bits per heavy atom. The number of carbonyl (C=O) groups excluding carboxylic acids is 1. The first-order valence-electron chi connectivity index (χ1n) is 5.14. The number of carbonyl (C=O) groups is 1. The normalized spacial score (nSPS) is 13.5. The third-order valence-corrected chi connectivity index (χ3v) is 2.39. The van der Waals surface area contributed by atoms with Crippen LogP contribution in [0, 0.1) is 5.82 Å². The van der Waals surface area contributed by atoms with Crippen molar-refractivity contribution in [2.24, 2.45) is 0 Å². The number of halogens is 1. The van der Waals surface area contributed by atoms with Crippen LogP contribution in [-0.4, -0.2) is 37.7 Å². The molecule has 92 valence electrons. The summed E-state index contributed by atoms with van der Waals surface area (Å²) in [6, 6.07) is 1.30. The molecule has 2 rings (SSSR count). The number of Topliss-reactive ketones (excluding diaryl/α,β-unsaturated/α-hetero) is 1. The van der Waals surface area contributed by atoms with Gasteiger partial charge in [-0.25, -0.2) is 0 Å². The molecule has 0 fully saturated rings. The molecule has 0 saturated heterocycles. The smallest absolute Gasteiger partial charge is 0.211 e. The van der Waals surface area contributed by atoms with Crippen molar-refractivity contribution in [1.29, 1.82) is 0 Å². The predicted octanol–water partition coefficient (Wildman–Crippen LogP) is 0.705. The number of likely N-dealkylation sites (N-methyl/N-ethyl adjacent to an activating group) is 1. The van der Waals surface area contributed by atoms with Crippen LogP contribution < -0.4 is 14.8 Å². The van der Waals surface area contributed by atoms with Crippen molar-refractivity contribution < 1.29 is 23.8 Å². The van der Waals surface area contributed by atoms with Crippen LogP contribution in [0.4, 0.5) is 4.39 Å². The maximum Gasteiger partial charge on any atom is 0.211 e. The highest BCUT2D eigenvalue weighted by atomic mass is 19.1. The zero-order valence-electron chi connectivity index (χ0n) is 9.25. The number of benzene rings is 1. The zero-order chi connectivity index (χ0) is 12.4. The quantitative estimate of drug-likeness (QED) is 0.763. The van der Waals surface area contributed by atoms with Crippen molar-refractivity contribution in [2.45, 2.75) is 0 Å². The molecule has 1 aliphatic heterocycles. The highest BCUT2D eigenvalue weighted by Gasteiger charge is 2.25. The summed E-state index contributed by atoms with van der Waals surface area (Å²) >= 11 is 0. The number of phenols is 1. The number of nitrogens with one attached hydrogen (secondary N) is 1. The van der Waals surface area contributed by atoms with Gasteiger partial charge in [0.2, 0.25) is 11.6 Å². The predicted molar refractivity (Wildman–Crippen MR) is 57.3 cm³/mol. The Kier molecular flexibility index (Phi) is 3.14. The molecule has 0 atom stereocenters. The molecule has 2 N–H and O–H groups in total. The first-order valence-corrected chi connectivity index (χ1v) is 5.14. The second kappa shape index (κ2) is 4.58. The standard InChI is InChI=1S/C11H12FNO4/c1-13-5-7(14)6-4-8-11(9(12)10(6)15)17-3-2-16-8/h4,13,15H,2-3,5H2,1H3. The highest BCUT2D eigenvalue weighted by Crippen LogP contribution is 2.40. The minimum atomic E-state index is -0.957. The molecule has 1 aliphatic rings. The molecule has 0 bridgehead atoms. The summed E-state index contributed by atoms with van der Waals surface area (Å²) in [7, 11) is 1.59. The minimum Gasteiger partial charge on any atom is -0.504 e. The van der Waals surface area contributed by atoms with E-state index in [1.165, 1.54) is 6.07 Å². The fourth-order valence-corrected chi connectivity index (χ4v) is 1.60. The second-order valence-corrected chi connectivity index (χ2v) is 3.56. The van der Waals surface area contributed by atoms with E-state index >= 15 is 0 Å². The van der Waals surface area contributed by atoms with Gasteiger partial charge in [-0.1, -0.05) is 0 Å². The van der Waals surface area contributed by atoms with E-state index in [1.54, 1.807) is 7.05 Å². The number of ether oxygens (including phenoxy) is 2. The Hall–Kier alpha value is -1.82. The van der Waals surface area contributed by atoms with Crippen molar-refractivity contribution in [3.8, 4) is 17.2 Å². The molecule has 0 spiro atoms. The first kappa shape index (κ1) is 11.7. The Labute approximate surface area is 97.1 Å². The fourth-order valence-electron chi connectivity index (χ4n) is 1.60. The fraction of sp³-hybridized carbons (Fsp3) is 0.364. The van der Waals surface area contributed by atoms with Crippen molar-refractivity contribution in [3.05, 3.63) is 17.4 Å². The van der Waals surface area contributed by atoms with Gasteiger partial charge in [0.25, 0.3) is 0 Å². The maximum absolute atomic E-state index is 13.7. The first-order chi connectivity index (χ1) is 8.15. The van der Waals surface area contributed by atoms with Crippen LogP contribution >= 0.6 is 0 Å². The van der Waals surface area contributed by atoms with Crippen LogP contribution in [0.2, 0.25) is 0 Å². The number of aromatic hydroxyl groups is 1. The summed E-state index contributed by atoms with van der Waals surface area (Å²) in [5.74, 6) is -2.07. The van der Waals surface area contributed by atoms with Gasteiger partial charge in [-0.2, -0.15) is 4.39 Å². The summed E-state index contributed by atoms with van der Waals surface area (Å²) in [5, 5.41) is 12.2. The summed E-state index contributed by atoms with van der Waals surface area (Å²) in [6.07, 6.45) is 0. The van der Waals surface area contributed by atoms with E-state index in [0.717, 1.165) is 0 Å². The number of hydrogen-bond acceptors (Lipinski definition) is 5. The van der Waals surface area contributed by atoms with Gasteiger partial charge in [-0.3, -0.25) is 4.79 Å². The van der Waals surface area contributed by atoms with Gasteiger partial charge in [0.05, 0.1) is 12.1 Å². The summed E-state index contributed by atoms with van der Waals surface area (Å²) < 4.78 is 23.9. The lowest BCUT2D eigenvalue weighted by Gasteiger charge is -2.20. The highest BCUT2D eigenvalue weighted by molar-refractivity contribution is 6.00. The van der Waals surface area contributed by atoms with Gasteiger partial charge in [0.15, 0.2) is 17.3 Å². The van der Waals surface area contributed by atoms with Gasteiger partial charge in [-0.15, -0.1) is 0 Å². The molecule has 0 amide bonds. The summed E-state index contributed by atoms with van der Waals surface area (Å²) in [6.45, 7) is 0.511. The van der Waals surface area contributed by atoms with Crippen molar-refractivity contribution >= 4 is 5.78 Å². The van der Waals surface area contributed by atoms with Gasteiger partial charge < -0.3 is 19.9 Å². The van der Waals surface area contributed by atoms with Crippen LogP contribution in [-0.2, 0) is 0 Å². The topological polar surface area (TPSA) is 67.8 Å². The molecule has 5 nitrogen and oxygen atoms in total. The Balaban J connectivity index is 2.47. The lowest BCUT2D eigenvalue weighted by Crippen LogP contribution is -2.21. The average Bonchev–Trinajstić information content (AvgIpc) is 2.34. The van der Waals surface area contributed by atoms with E-state index in [9.17, 15) is 14.3 Å². The van der Waals surface area contributed by atoms with E-state index in [4.69, 9.17) is 9.47 Å². The van der Waals surface area contributed by atoms with E-state index in [-0.39, 0.29) is 36.8 Å². The Bertz CT molecular complexity index is 461. The molecule has 0 radical (unpaired) electrons. The van der Waals surface area contributed by atoms with E-state index < -0.39 is 17.3 Å². The third kappa shape index (κ3) is 2.03. The Morgan fingerprint density at radius 3 is 2.94 bits per heavy atom. The van der Waals surface area contributed by atoms with Gasteiger partial charge >= 0.3 is 0 Å². The van der Waals surface area contributed by atoms with Crippen molar-refractivity contribution in [1.82, 2.24) is 5.32 Å². The Morgan fingerprint density at radius 2 is 2.24 bits per heavy atom. The average molecular weight is 241 g/mol. The number of hydrogen-bond donors (Lipinski definition) is 2. The van der Waals surface area contributed by atoms with Crippen LogP contribution in [0.1, 0.15) is 10.4 Å². The minimum absolute atomic E-state index is 0.00659. The lowest BCUT2D eigenvalue weighted by atomic mass is 10.1. The van der Waals surface area contributed by atoms with Gasteiger partial charge in [0, 0.05) is 0 Å². The molecule has 0 saturated carbocycles. The van der Waals surface area contributed by atoms with Crippen LogP contribution in [0.5, 0.6) is 17.2 Å². The molecule has 0 unspecified atom stereocenters. The van der Waals surface area contributed by atoms with E-state index in [2.05, 4.69) is 5.32 Å². The molecular formula is C11H12FNO4. The molecule has 0 aromatic heterocycles. The maximum atomic E-state index is 13.7. The molecule has 1 aromatic rings. The molecule has 1 aromatic carbocycles. The van der Waals surface area contributed by atoms with E-state index in [1.807, 2.05) is 0 Å². The van der Waals surface area contributed by atoms with Crippen molar-refractivity contribution in [3.63, 3.8) is 0 Å². The molecule has 6 heteroatoms. The largest absolute Gasteiger partial charge is 0.504 e. The van der Waals surface area contributed by atoms with Gasteiger partial charge in [0.1, 0.15) is 13.2 Å². The second-order valence-electron chi connectivity index (χ2n) is 3.56. The zero-order valence-corrected chi connectivity index (χ0v) is 9.25. The number of rotatable bonds is 3. The molecule has 17 heavy (non-hydrogen) atoms. The summed E-state index contributed by atoms with van der Waals surface area (Å²) in [5.41, 5.74) is -0.110. The lowest BCUT2D eigenvalue weighted by molar-refractivity contribution is 0.0988. The monoisotopic (exact) mass is 241 g/mol. The SMILES string of the molecule is CNCC(=O)c1cc2c(c(F)c1O)OCCO2. The van der Waals surface area contributed by atoms with Crippen LogP contribution in [0.15, 0.2) is 6.07 Å². The molecule has 0 aliphatic carbocycles. The third-order valence-electron chi connectivity index (χ3n) is 2.39. The summed E-state index contributed by atoms with van der Waals surface area (Å²) in [4.78, 5) is 11.6. The number of fused-ring (bicyclic) bond motifs is 1. The molecule has 1 heterocycles.